The number of benzene rings is 1. The molecule has 4 rings (SSSR count). The van der Waals surface area contributed by atoms with Crippen LogP contribution in [-0.4, -0.2) is 25.6 Å². The molecule has 1 N–H and O–H groups in total. The molecule has 152 valence electrons. The van der Waals surface area contributed by atoms with E-state index in [2.05, 4.69) is 48.1 Å². The van der Waals surface area contributed by atoms with Gasteiger partial charge < -0.3 is 14.8 Å². The van der Waals surface area contributed by atoms with Crippen molar-refractivity contribution in [2.75, 3.05) is 5.32 Å². The molecular weight excluding hydrogens is 413 g/mol. The molecule has 2 unspecified atom stereocenters. The molecule has 0 aliphatic carbocycles. The molecule has 7 nitrogen and oxygen atoms in total. The topological polar surface area (TPSA) is 73.6 Å². The van der Waals surface area contributed by atoms with Crippen molar-refractivity contribution in [1.82, 2.24) is 19.6 Å². The highest BCUT2D eigenvalue weighted by Gasteiger charge is 2.31. The zero-order valence-electron chi connectivity index (χ0n) is 16.5. The van der Waals surface area contributed by atoms with Crippen molar-refractivity contribution in [3.05, 3.63) is 58.2 Å². The number of halogens is 2. The van der Waals surface area contributed by atoms with E-state index in [1.54, 1.807) is 10.6 Å². The van der Waals surface area contributed by atoms with Crippen LogP contribution in [0.2, 0.25) is 10.2 Å². The van der Waals surface area contributed by atoms with Crippen molar-refractivity contribution in [3.63, 3.8) is 0 Å². The van der Waals surface area contributed by atoms with Crippen molar-refractivity contribution >= 4 is 40.6 Å². The Morgan fingerprint density at radius 3 is 2.69 bits per heavy atom. The normalized spacial score (nSPS) is 17.6. The summed E-state index contributed by atoms with van der Waals surface area (Å²) in [6.45, 7) is 8.53. The summed E-state index contributed by atoms with van der Waals surface area (Å²) >= 11 is 12.8. The van der Waals surface area contributed by atoms with Crippen LogP contribution in [0.4, 0.5) is 5.82 Å². The summed E-state index contributed by atoms with van der Waals surface area (Å²) in [5.74, 6) is 1.47. The molecule has 0 spiro atoms. The predicted molar refractivity (Wildman–Crippen MR) is 113 cm³/mol. The summed E-state index contributed by atoms with van der Waals surface area (Å²) in [5, 5.41) is 8.59. The van der Waals surface area contributed by atoms with Gasteiger partial charge in [0.05, 0.1) is 16.1 Å². The Balaban J connectivity index is 1.75. The van der Waals surface area contributed by atoms with E-state index in [0.717, 1.165) is 5.56 Å². The summed E-state index contributed by atoms with van der Waals surface area (Å²) in [7, 11) is 0. The van der Waals surface area contributed by atoms with Gasteiger partial charge in [0, 0.05) is 6.04 Å². The van der Waals surface area contributed by atoms with E-state index >= 15 is 0 Å². The number of hydrogen-bond donors (Lipinski definition) is 1. The van der Waals surface area contributed by atoms with Gasteiger partial charge in [-0.2, -0.15) is 19.6 Å². The van der Waals surface area contributed by atoms with Crippen LogP contribution >= 0.6 is 23.2 Å². The van der Waals surface area contributed by atoms with E-state index in [0.29, 0.717) is 27.9 Å². The molecule has 2 aromatic heterocycles. The average Bonchev–Trinajstić information content (AvgIpc) is 3.30. The number of aromatic nitrogens is 4. The highest BCUT2D eigenvalue weighted by Crippen LogP contribution is 2.41. The first-order valence-electron chi connectivity index (χ1n) is 9.18. The molecule has 0 amide bonds. The van der Waals surface area contributed by atoms with Crippen molar-refractivity contribution in [2.24, 2.45) is 5.41 Å². The Bertz CT molecular complexity index is 1090. The van der Waals surface area contributed by atoms with Crippen LogP contribution < -0.4 is 5.32 Å². The van der Waals surface area contributed by atoms with Crippen molar-refractivity contribution in [1.29, 1.82) is 0 Å². The second-order valence-electron chi connectivity index (χ2n) is 7.92. The van der Waals surface area contributed by atoms with E-state index < -0.39 is 6.29 Å². The number of ether oxygens (including phenoxy) is 2. The fourth-order valence-corrected chi connectivity index (χ4v) is 3.29. The summed E-state index contributed by atoms with van der Waals surface area (Å²) in [5.41, 5.74) is 1.26. The minimum absolute atomic E-state index is 0.0125. The van der Waals surface area contributed by atoms with Crippen LogP contribution in [0.1, 0.15) is 45.1 Å². The van der Waals surface area contributed by atoms with Crippen molar-refractivity contribution in [3.8, 4) is 0 Å². The zero-order valence-corrected chi connectivity index (χ0v) is 18.0. The van der Waals surface area contributed by atoms with Crippen LogP contribution in [0.5, 0.6) is 0 Å². The van der Waals surface area contributed by atoms with Gasteiger partial charge in [-0.25, -0.2) is 0 Å². The van der Waals surface area contributed by atoms with Gasteiger partial charge in [-0.15, -0.1) is 0 Å². The van der Waals surface area contributed by atoms with Gasteiger partial charge in [0.1, 0.15) is 23.6 Å². The molecular formula is C20H21Cl2N5O2. The fourth-order valence-electron chi connectivity index (χ4n) is 2.81. The molecule has 0 fully saturated rings. The van der Waals surface area contributed by atoms with E-state index in [1.807, 2.05) is 18.2 Å². The monoisotopic (exact) mass is 433 g/mol. The molecule has 1 aliphatic rings. The van der Waals surface area contributed by atoms with Gasteiger partial charge in [-0.1, -0.05) is 62.2 Å². The Morgan fingerprint density at radius 2 is 1.97 bits per heavy atom. The molecule has 1 aliphatic heterocycles. The van der Waals surface area contributed by atoms with Gasteiger partial charge >= 0.3 is 0 Å². The Labute approximate surface area is 178 Å². The molecule has 2 atom stereocenters. The van der Waals surface area contributed by atoms with Crippen LogP contribution in [-0.2, 0) is 9.47 Å². The number of hydrogen-bond acceptors (Lipinski definition) is 6. The maximum absolute atomic E-state index is 6.53. The quantitative estimate of drug-likeness (QED) is 0.561. The van der Waals surface area contributed by atoms with Gasteiger partial charge in [0.15, 0.2) is 5.76 Å². The maximum Gasteiger partial charge on any atom is 0.268 e. The molecule has 3 aromatic rings. The number of rotatable bonds is 4. The lowest BCUT2D eigenvalue weighted by Crippen LogP contribution is -2.32. The largest absolute Gasteiger partial charge is 0.454 e. The minimum Gasteiger partial charge on any atom is -0.454 e. The third-order valence-electron chi connectivity index (χ3n) is 4.97. The van der Waals surface area contributed by atoms with Crippen LogP contribution in [0.15, 0.2) is 36.9 Å². The SMILES string of the molecule is CC(Nc1c(C2=COC(c3ccccc3Cl)O2)c(Cl)nc2ncnn12)C(C)(C)C. The molecule has 9 heteroatoms. The molecule has 0 saturated carbocycles. The van der Waals surface area contributed by atoms with Crippen molar-refractivity contribution in [2.45, 2.75) is 40.0 Å². The second kappa shape index (κ2) is 7.39. The van der Waals surface area contributed by atoms with E-state index in [4.69, 9.17) is 32.7 Å². The molecule has 29 heavy (non-hydrogen) atoms. The van der Waals surface area contributed by atoms with E-state index in [1.165, 1.54) is 12.6 Å². The van der Waals surface area contributed by atoms with Gasteiger partial charge in [-0.3, -0.25) is 0 Å². The molecule has 3 heterocycles. The lowest BCUT2D eigenvalue weighted by Gasteiger charge is -2.30. The summed E-state index contributed by atoms with van der Waals surface area (Å²) in [6, 6.07) is 7.46. The smallest absolute Gasteiger partial charge is 0.268 e. The highest BCUT2D eigenvalue weighted by atomic mass is 35.5. The van der Waals surface area contributed by atoms with E-state index in [9.17, 15) is 0 Å². The van der Waals surface area contributed by atoms with Gasteiger partial charge in [-0.05, 0) is 18.4 Å². The summed E-state index contributed by atoms with van der Waals surface area (Å²) in [4.78, 5) is 8.50. The fraction of sp³-hybridized carbons (Fsp3) is 0.350. The first-order valence-corrected chi connectivity index (χ1v) is 9.94. The average molecular weight is 434 g/mol. The number of anilines is 1. The second-order valence-corrected chi connectivity index (χ2v) is 8.68. The third kappa shape index (κ3) is 3.72. The highest BCUT2D eigenvalue weighted by molar-refractivity contribution is 6.32. The van der Waals surface area contributed by atoms with Crippen LogP contribution in [0.25, 0.3) is 11.5 Å². The Hall–Kier alpha value is -2.51. The lowest BCUT2D eigenvalue weighted by atomic mass is 9.88. The van der Waals surface area contributed by atoms with Gasteiger partial charge in [0.25, 0.3) is 12.1 Å². The molecule has 0 bridgehead atoms. The van der Waals surface area contributed by atoms with Crippen LogP contribution in [0.3, 0.4) is 0 Å². The zero-order chi connectivity index (χ0) is 20.8. The Morgan fingerprint density at radius 1 is 1.21 bits per heavy atom. The number of nitrogens with zero attached hydrogens (tertiary/aromatic N) is 4. The first kappa shape index (κ1) is 19.8. The molecule has 0 radical (unpaired) electrons. The first-order chi connectivity index (χ1) is 13.8. The van der Waals surface area contributed by atoms with Crippen LogP contribution in [0, 0.1) is 5.41 Å². The van der Waals surface area contributed by atoms with Gasteiger partial charge in [0.2, 0.25) is 0 Å². The van der Waals surface area contributed by atoms with Crippen molar-refractivity contribution < 1.29 is 9.47 Å². The summed E-state index contributed by atoms with van der Waals surface area (Å²) < 4.78 is 13.4. The standard InChI is InChI=1S/C20H21Cl2N5O2/c1-11(20(2,3)4)25-17-15(16(22)26-19-23-10-24-27(17)19)14-9-28-18(29-14)12-7-5-6-8-13(12)21/h5-11,18,25H,1-4H3. The van der Waals surface area contributed by atoms with E-state index in [-0.39, 0.29) is 16.6 Å². The Kier molecular flexibility index (Phi) is 5.04. The third-order valence-corrected chi connectivity index (χ3v) is 5.59. The molecule has 0 saturated heterocycles. The maximum atomic E-state index is 6.53. The summed E-state index contributed by atoms with van der Waals surface area (Å²) in [6.07, 6.45) is 2.28. The predicted octanol–water partition coefficient (Wildman–Crippen LogP) is 5.32. The molecule has 1 aromatic carbocycles. The lowest BCUT2D eigenvalue weighted by molar-refractivity contribution is -0.0169. The number of fused-ring (bicyclic) bond motifs is 1. The minimum atomic E-state index is -0.672. The number of nitrogens with one attached hydrogen (secondary N) is 1.